The SMILES string of the molecule is CC(=O)Nc1ccc(CCCC(=O)N(C)C)cc1. The Hall–Kier alpha value is -1.84. The van der Waals surface area contributed by atoms with Crippen LogP contribution in [0, 0.1) is 0 Å². The number of aryl methyl sites for hydroxylation is 1. The number of nitrogens with one attached hydrogen (secondary N) is 1. The summed E-state index contributed by atoms with van der Waals surface area (Å²) < 4.78 is 0. The first-order chi connectivity index (χ1) is 8.49. The Morgan fingerprint density at radius 1 is 1.17 bits per heavy atom. The zero-order valence-electron chi connectivity index (χ0n) is 11.2. The molecule has 18 heavy (non-hydrogen) atoms. The van der Waals surface area contributed by atoms with E-state index in [0.717, 1.165) is 18.5 Å². The number of nitrogens with zero attached hydrogens (tertiary/aromatic N) is 1. The minimum absolute atomic E-state index is 0.0701. The molecule has 0 saturated heterocycles. The first kappa shape index (κ1) is 14.2. The molecule has 4 nitrogen and oxygen atoms in total. The van der Waals surface area contributed by atoms with E-state index in [1.54, 1.807) is 19.0 Å². The number of carbonyl (C=O) groups is 2. The van der Waals surface area contributed by atoms with E-state index in [0.29, 0.717) is 6.42 Å². The summed E-state index contributed by atoms with van der Waals surface area (Å²) in [6, 6.07) is 7.71. The number of carbonyl (C=O) groups excluding carboxylic acids is 2. The number of hydrogen-bond donors (Lipinski definition) is 1. The van der Waals surface area contributed by atoms with Gasteiger partial charge in [0.1, 0.15) is 0 Å². The highest BCUT2D eigenvalue weighted by Crippen LogP contribution is 2.12. The Morgan fingerprint density at radius 3 is 2.28 bits per heavy atom. The van der Waals surface area contributed by atoms with Gasteiger partial charge in [0.25, 0.3) is 0 Å². The number of hydrogen-bond acceptors (Lipinski definition) is 2. The first-order valence-electron chi connectivity index (χ1n) is 6.05. The van der Waals surface area contributed by atoms with E-state index >= 15 is 0 Å². The van der Waals surface area contributed by atoms with Crippen molar-refractivity contribution in [3.8, 4) is 0 Å². The van der Waals surface area contributed by atoms with E-state index in [1.165, 1.54) is 12.5 Å². The van der Waals surface area contributed by atoms with Crippen molar-refractivity contribution in [1.82, 2.24) is 4.90 Å². The van der Waals surface area contributed by atoms with Crippen LogP contribution in [0.5, 0.6) is 0 Å². The number of benzene rings is 1. The third-order valence-electron chi connectivity index (χ3n) is 2.63. The zero-order chi connectivity index (χ0) is 13.5. The molecule has 0 aromatic heterocycles. The largest absolute Gasteiger partial charge is 0.349 e. The monoisotopic (exact) mass is 248 g/mol. The first-order valence-corrected chi connectivity index (χ1v) is 6.05. The highest BCUT2D eigenvalue weighted by molar-refractivity contribution is 5.88. The van der Waals surface area contributed by atoms with Crippen molar-refractivity contribution in [3.63, 3.8) is 0 Å². The molecule has 0 saturated carbocycles. The van der Waals surface area contributed by atoms with Crippen LogP contribution >= 0.6 is 0 Å². The second kappa shape index (κ2) is 6.79. The maximum Gasteiger partial charge on any atom is 0.222 e. The molecule has 1 N–H and O–H groups in total. The van der Waals surface area contributed by atoms with Crippen LogP contribution in [0.25, 0.3) is 0 Å². The van der Waals surface area contributed by atoms with Crippen LogP contribution < -0.4 is 5.32 Å². The van der Waals surface area contributed by atoms with Crippen molar-refractivity contribution >= 4 is 17.5 Å². The summed E-state index contributed by atoms with van der Waals surface area (Å²) in [4.78, 5) is 23.9. The summed E-state index contributed by atoms with van der Waals surface area (Å²) in [5.74, 6) is 0.0872. The van der Waals surface area contributed by atoms with Gasteiger partial charge in [0, 0.05) is 33.1 Å². The third kappa shape index (κ3) is 4.99. The van der Waals surface area contributed by atoms with Crippen molar-refractivity contribution in [2.45, 2.75) is 26.2 Å². The summed E-state index contributed by atoms with van der Waals surface area (Å²) >= 11 is 0. The van der Waals surface area contributed by atoms with Gasteiger partial charge in [-0.3, -0.25) is 9.59 Å². The quantitative estimate of drug-likeness (QED) is 0.867. The lowest BCUT2D eigenvalue weighted by Gasteiger charge is -2.09. The summed E-state index contributed by atoms with van der Waals surface area (Å²) in [7, 11) is 3.54. The number of amides is 2. The molecule has 0 radical (unpaired) electrons. The summed E-state index contributed by atoms with van der Waals surface area (Å²) in [6.07, 6.45) is 2.29. The Balaban J connectivity index is 2.39. The van der Waals surface area contributed by atoms with Crippen molar-refractivity contribution < 1.29 is 9.59 Å². The molecule has 0 bridgehead atoms. The molecule has 0 aliphatic carbocycles. The fourth-order valence-corrected chi connectivity index (χ4v) is 1.63. The molecule has 98 valence electrons. The van der Waals surface area contributed by atoms with E-state index in [4.69, 9.17) is 0 Å². The van der Waals surface area contributed by atoms with E-state index in [9.17, 15) is 9.59 Å². The molecule has 0 atom stereocenters. The molecule has 4 heteroatoms. The lowest BCUT2D eigenvalue weighted by molar-refractivity contribution is -0.128. The molecular formula is C14H20N2O2. The van der Waals surface area contributed by atoms with Crippen LogP contribution in [-0.4, -0.2) is 30.8 Å². The Morgan fingerprint density at radius 2 is 1.78 bits per heavy atom. The average molecular weight is 248 g/mol. The van der Waals surface area contributed by atoms with Crippen molar-refractivity contribution in [3.05, 3.63) is 29.8 Å². The van der Waals surface area contributed by atoms with Crippen molar-refractivity contribution in [1.29, 1.82) is 0 Å². The van der Waals surface area contributed by atoms with Gasteiger partial charge in [-0.1, -0.05) is 12.1 Å². The fourth-order valence-electron chi connectivity index (χ4n) is 1.63. The predicted molar refractivity (Wildman–Crippen MR) is 72.4 cm³/mol. The van der Waals surface area contributed by atoms with Gasteiger partial charge in [0.15, 0.2) is 0 Å². The number of anilines is 1. The van der Waals surface area contributed by atoms with E-state index < -0.39 is 0 Å². The molecule has 1 aromatic rings. The van der Waals surface area contributed by atoms with Gasteiger partial charge in [-0.25, -0.2) is 0 Å². The second-order valence-corrected chi connectivity index (χ2v) is 4.52. The average Bonchev–Trinajstić information content (AvgIpc) is 2.30. The second-order valence-electron chi connectivity index (χ2n) is 4.52. The summed E-state index contributed by atoms with van der Waals surface area (Å²) in [5.41, 5.74) is 1.98. The molecule has 0 aliphatic heterocycles. The zero-order valence-corrected chi connectivity index (χ0v) is 11.2. The van der Waals surface area contributed by atoms with Gasteiger partial charge in [0.2, 0.25) is 11.8 Å². The Bertz CT molecular complexity index is 410. The maximum atomic E-state index is 11.4. The van der Waals surface area contributed by atoms with Crippen molar-refractivity contribution in [2.24, 2.45) is 0 Å². The van der Waals surface area contributed by atoms with Crippen LogP contribution in [0.1, 0.15) is 25.3 Å². The predicted octanol–water partition coefficient (Wildman–Crippen LogP) is 2.06. The minimum atomic E-state index is -0.0701. The molecule has 0 fully saturated rings. The molecular weight excluding hydrogens is 228 g/mol. The van der Waals surface area contributed by atoms with Crippen molar-refractivity contribution in [2.75, 3.05) is 19.4 Å². The normalized spacial score (nSPS) is 9.94. The highest BCUT2D eigenvalue weighted by Gasteiger charge is 2.03. The van der Waals surface area contributed by atoms with Gasteiger partial charge >= 0.3 is 0 Å². The lowest BCUT2D eigenvalue weighted by Crippen LogP contribution is -2.21. The van der Waals surface area contributed by atoms with Crippen LogP contribution in [0.3, 0.4) is 0 Å². The van der Waals surface area contributed by atoms with Gasteiger partial charge in [-0.15, -0.1) is 0 Å². The molecule has 1 rings (SSSR count). The van der Waals surface area contributed by atoms with Gasteiger partial charge < -0.3 is 10.2 Å². The molecule has 0 heterocycles. The minimum Gasteiger partial charge on any atom is -0.349 e. The number of rotatable bonds is 5. The highest BCUT2D eigenvalue weighted by atomic mass is 16.2. The fraction of sp³-hybridized carbons (Fsp3) is 0.429. The van der Waals surface area contributed by atoms with Crippen LogP contribution in [0.2, 0.25) is 0 Å². The molecule has 0 aliphatic rings. The molecule has 1 aromatic carbocycles. The molecule has 0 unspecified atom stereocenters. The van der Waals surface area contributed by atoms with Crippen LogP contribution in [0.4, 0.5) is 5.69 Å². The smallest absolute Gasteiger partial charge is 0.222 e. The Labute approximate surface area is 108 Å². The topological polar surface area (TPSA) is 49.4 Å². The molecule has 0 spiro atoms. The van der Waals surface area contributed by atoms with E-state index in [1.807, 2.05) is 24.3 Å². The lowest BCUT2D eigenvalue weighted by atomic mass is 10.1. The van der Waals surface area contributed by atoms with Gasteiger partial charge in [-0.05, 0) is 30.5 Å². The Kier molecular flexibility index (Phi) is 5.36. The molecule has 2 amide bonds. The summed E-state index contributed by atoms with van der Waals surface area (Å²) in [6.45, 7) is 1.49. The maximum absolute atomic E-state index is 11.4. The summed E-state index contributed by atoms with van der Waals surface area (Å²) in [5, 5.41) is 2.72. The van der Waals surface area contributed by atoms with Gasteiger partial charge in [0.05, 0.1) is 0 Å². The van der Waals surface area contributed by atoms with Gasteiger partial charge in [-0.2, -0.15) is 0 Å². The van der Waals surface area contributed by atoms with E-state index in [2.05, 4.69) is 5.32 Å². The van der Waals surface area contributed by atoms with Crippen LogP contribution in [-0.2, 0) is 16.0 Å². The third-order valence-corrected chi connectivity index (χ3v) is 2.63. The standard InChI is InChI=1S/C14H20N2O2/c1-11(17)15-13-9-7-12(8-10-13)5-4-6-14(18)16(2)3/h7-10H,4-6H2,1-3H3,(H,15,17). The van der Waals surface area contributed by atoms with Crippen LogP contribution in [0.15, 0.2) is 24.3 Å². The van der Waals surface area contributed by atoms with E-state index in [-0.39, 0.29) is 11.8 Å².